The van der Waals surface area contributed by atoms with Crippen LogP contribution in [0.5, 0.6) is 0 Å². The summed E-state index contributed by atoms with van der Waals surface area (Å²) in [7, 11) is 1.50. The Morgan fingerprint density at radius 2 is 1.83 bits per heavy atom. The van der Waals surface area contributed by atoms with E-state index in [1.165, 1.54) is 7.11 Å². The minimum absolute atomic E-state index is 0.0977. The summed E-state index contributed by atoms with van der Waals surface area (Å²) in [6.07, 6.45) is -6.00. The lowest BCUT2D eigenvalue weighted by Crippen LogP contribution is -2.51. The third kappa shape index (κ3) is 5.71. The molecule has 0 aliphatic rings. The van der Waals surface area contributed by atoms with Gasteiger partial charge in [-0.2, -0.15) is 0 Å². The third-order valence-electron chi connectivity index (χ3n) is 2.31. The highest BCUT2D eigenvalue weighted by Gasteiger charge is 2.35. The van der Waals surface area contributed by atoms with Crippen LogP contribution in [0.4, 0.5) is 0 Å². The van der Waals surface area contributed by atoms with Gasteiger partial charge in [0.05, 0.1) is 6.61 Å². The summed E-state index contributed by atoms with van der Waals surface area (Å²) in [6.45, 7) is -0.253. The van der Waals surface area contributed by atoms with Crippen molar-refractivity contribution in [3.8, 4) is 0 Å². The Balaban J connectivity index is 4.35. The molecule has 1 amide bonds. The number of amides is 1. The van der Waals surface area contributed by atoms with Crippen LogP contribution in [0.1, 0.15) is 6.42 Å². The first-order valence-electron chi connectivity index (χ1n) is 5.50. The standard InChI is InChI=1S/C10H21NO7/c1-17-3-2-4-18-9(10(11)16)8(15)7(14)6(13)5-12/h6-9,12-15H,2-5H2,1H3,(H2,11,16)/t6-,7-,8+,9-/m1/s1. The number of hydrogen-bond donors (Lipinski definition) is 5. The van der Waals surface area contributed by atoms with E-state index < -0.39 is 36.9 Å². The van der Waals surface area contributed by atoms with Crippen LogP contribution >= 0.6 is 0 Å². The van der Waals surface area contributed by atoms with E-state index in [1.807, 2.05) is 0 Å². The fourth-order valence-electron chi connectivity index (χ4n) is 1.28. The van der Waals surface area contributed by atoms with Crippen LogP contribution in [0, 0.1) is 0 Å². The van der Waals surface area contributed by atoms with Crippen LogP contribution in [0.2, 0.25) is 0 Å². The predicted octanol–water partition coefficient (Wildman–Crippen LogP) is -3.03. The van der Waals surface area contributed by atoms with E-state index in [-0.39, 0.29) is 6.61 Å². The molecule has 0 aromatic heterocycles. The second kappa shape index (κ2) is 9.20. The lowest BCUT2D eigenvalue weighted by molar-refractivity contribution is -0.155. The maximum Gasteiger partial charge on any atom is 0.249 e. The number of hydrogen-bond acceptors (Lipinski definition) is 7. The van der Waals surface area contributed by atoms with Crippen LogP contribution in [-0.4, -0.2) is 77.7 Å². The van der Waals surface area contributed by atoms with Gasteiger partial charge in [-0.05, 0) is 6.42 Å². The molecule has 0 unspecified atom stereocenters. The summed E-state index contributed by atoms with van der Waals surface area (Å²) >= 11 is 0. The molecule has 6 N–H and O–H groups in total. The van der Waals surface area contributed by atoms with Crippen LogP contribution in [0.15, 0.2) is 0 Å². The highest BCUT2D eigenvalue weighted by Crippen LogP contribution is 2.08. The zero-order valence-corrected chi connectivity index (χ0v) is 10.2. The Morgan fingerprint density at radius 3 is 2.28 bits per heavy atom. The number of carbonyl (C=O) groups is 1. The van der Waals surface area contributed by atoms with Crippen LogP contribution in [-0.2, 0) is 14.3 Å². The maximum atomic E-state index is 11.1. The molecule has 0 spiro atoms. The Hall–Kier alpha value is -0.770. The molecule has 0 aliphatic carbocycles. The van der Waals surface area contributed by atoms with E-state index in [2.05, 4.69) is 0 Å². The Morgan fingerprint density at radius 1 is 1.22 bits per heavy atom. The first-order valence-corrected chi connectivity index (χ1v) is 5.50. The Bertz CT molecular complexity index is 238. The van der Waals surface area contributed by atoms with Gasteiger partial charge < -0.3 is 35.6 Å². The van der Waals surface area contributed by atoms with Crippen molar-refractivity contribution in [2.75, 3.05) is 26.9 Å². The van der Waals surface area contributed by atoms with E-state index >= 15 is 0 Å². The van der Waals surface area contributed by atoms with Crippen molar-refractivity contribution in [3.63, 3.8) is 0 Å². The van der Waals surface area contributed by atoms with Crippen molar-refractivity contribution in [2.45, 2.75) is 30.8 Å². The molecule has 0 saturated carbocycles. The fourth-order valence-corrected chi connectivity index (χ4v) is 1.28. The molecule has 4 atom stereocenters. The molecule has 0 radical (unpaired) electrons. The summed E-state index contributed by atoms with van der Waals surface area (Å²) in [5, 5.41) is 36.8. The molecule has 0 rings (SSSR count). The van der Waals surface area contributed by atoms with Crippen molar-refractivity contribution in [1.82, 2.24) is 0 Å². The molecular formula is C10H21NO7. The van der Waals surface area contributed by atoms with Gasteiger partial charge in [-0.3, -0.25) is 4.79 Å². The lowest BCUT2D eigenvalue weighted by atomic mass is 10.0. The maximum absolute atomic E-state index is 11.1. The van der Waals surface area contributed by atoms with E-state index in [9.17, 15) is 15.0 Å². The van der Waals surface area contributed by atoms with Gasteiger partial charge in [0.15, 0.2) is 6.10 Å². The predicted molar refractivity (Wildman–Crippen MR) is 60.5 cm³/mol. The summed E-state index contributed by atoms with van der Waals surface area (Å²) in [5.41, 5.74) is 5.02. The van der Waals surface area contributed by atoms with Crippen molar-refractivity contribution in [1.29, 1.82) is 0 Å². The van der Waals surface area contributed by atoms with Crippen molar-refractivity contribution in [2.24, 2.45) is 5.73 Å². The monoisotopic (exact) mass is 267 g/mol. The molecule has 18 heavy (non-hydrogen) atoms. The van der Waals surface area contributed by atoms with Gasteiger partial charge in [0, 0.05) is 20.3 Å². The molecule has 108 valence electrons. The number of nitrogens with two attached hydrogens (primary N) is 1. The Labute approximate surface area is 105 Å². The molecule has 0 fully saturated rings. The molecular weight excluding hydrogens is 246 g/mol. The summed E-state index contributed by atoms with van der Waals surface area (Å²) in [6, 6.07) is 0. The van der Waals surface area contributed by atoms with Crippen LogP contribution in [0.3, 0.4) is 0 Å². The van der Waals surface area contributed by atoms with Crippen molar-refractivity contribution in [3.05, 3.63) is 0 Å². The zero-order chi connectivity index (χ0) is 14.1. The molecule has 0 aromatic rings. The number of aliphatic hydroxyl groups is 4. The molecule has 0 aliphatic heterocycles. The number of primary amides is 1. The number of carbonyl (C=O) groups excluding carboxylic acids is 1. The molecule has 0 saturated heterocycles. The zero-order valence-electron chi connectivity index (χ0n) is 10.2. The molecule has 0 bridgehead atoms. The first-order chi connectivity index (χ1) is 8.45. The van der Waals surface area contributed by atoms with Gasteiger partial charge in [-0.1, -0.05) is 0 Å². The Kier molecular flexibility index (Phi) is 8.81. The van der Waals surface area contributed by atoms with Gasteiger partial charge in [0.2, 0.25) is 5.91 Å². The SMILES string of the molecule is COCCCO[C@@H](C(N)=O)[C@@H](O)[C@H](O)[C@H](O)CO. The van der Waals surface area contributed by atoms with Gasteiger partial charge in [0.25, 0.3) is 0 Å². The van der Waals surface area contributed by atoms with Gasteiger partial charge in [-0.15, -0.1) is 0 Å². The number of methoxy groups -OCH3 is 1. The number of ether oxygens (including phenoxy) is 2. The quantitative estimate of drug-likeness (QED) is 0.265. The summed E-state index contributed by atoms with van der Waals surface area (Å²) in [5.74, 6) is -0.968. The average molecular weight is 267 g/mol. The second-order valence-electron chi connectivity index (χ2n) is 3.77. The molecule has 0 aromatic carbocycles. The largest absolute Gasteiger partial charge is 0.394 e. The van der Waals surface area contributed by atoms with E-state index in [4.69, 9.17) is 25.4 Å². The van der Waals surface area contributed by atoms with Crippen molar-refractivity contribution < 1.29 is 34.7 Å². The van der Waals surface area contributed by atoms with Gasteiger partial charge in [-0.25, -0.2) is 0 Å². The highest BCUT2D eigenvalue weighted by atomic mass is 16.5. The second-order valence-corrected chi connectivity index (χ2v) is 3.77. The molecule has 0 heterocycles. The first kappa shape index (κ1) is 17.2. The lowest BCUT2D eigenvalue weighted by Gasteiger charge is -2.26. The molecule has 8 nitrogen and oxygen atoms in total. The van der Waals surface area contributed by atoms with Gasteiger partial charge >= 0.3 is 0 Å². The summed E-state index contributed by atoms with van der Waals surface area (Å²) in [4.78, 5) is 11.1. The minimum Gasteiger partial charge on any atom is -0.394 e. The highest BCUT2D eigenvalue weighted by molar-refractivity contribution is 5.79. The fraction of sp³-hybridized carbons (Fsp3) is 0.900. The summed E-state index contributed by atoms with van der Waals surface area (Å²) < 4.78 is 9.79. The van der Waals surface area contributed by atoms with Crippen molar-refractivity contribution >= 4 is 5.91 Å². The minimum atomic E-state index is -1.73. The smallest absolute Gasteiger partial charge is 0.249 e. The molecule has 8 heteroatoms. The van der Waals surface area contributed by atoms with E-state index in [0.29, 0.717) is 13.0 Å². The van der Waals surface area contributed by atoms with E-state index in [0.717, 1.165) is 0 Å². The number of rotatable bonds is 10. The van der Waals surface area contributed by atoms with E-state index in [1.54, 1.807) is 0 Å². The van der Waals surface area contributed by atoms with Crippen LogP contribution in [0.25, 0.3) is 0 Å². The average Bonchev–Trinajstić information content (AvgIpc) is 2.35. The third-order valence-corrected chi connectivity index (χ3v) is 2.31. The van der Waals surface area contributed by atoms with Gasteiger partial charge in [0.1, 0.15) is 18.3 Å². The van der Waals surface area contributed by atoms with Crippen LogP contribution < -0.4 is 5.73 Å². The topological polar surface area (TPSA) is 142 Å². The normalized spacial score (nSPS) is 18.1. The number of aliphatic hydroxyl groups excluding tert-OH is 4.